The number of hydrogen-bond acceptors (Lipinski definition) is 5. The summed E-state index contributed by atoms with van der Waals surface area (Å²) in [5, 5.41) is 20.4. The average molecular weight is 258 g/mol. The molecule has 0 fully saturated rings. The van der Waals surface area contributed by atoms with E-state index in [1.807, 2.05) is 0 Å². The van der Waals surface area contributed by atoms with Crippen LogP contribution < -0.4 is 10.6 Å². The van der Waals surface area contributed by atoms with Crippen LogP contribution in [0, 0.1) is 0 Å². The molecule has 0 heterocycles. The van der Waals surface area contributed by atoms with E-state index in [2.05, 4.69) is 10.6 Å². The van der Waals surface area contributed by atoms with Gasteiger partial charge >= 0.3 is 19.5 Å². The normalized spacial score (nSPS) is 10.2. The summed E-state index contributed by atoms with van der Waals surface area (Å²) in [4.78, 5) is 35.7. The second-order valence-electron chi connectivity index (χ2n) is 2.57. The van der Waals surface area contributed by atoms with Gasteiger partial charge in [0, 0.05) is 0 Å². The molecule has 0 atom stereocenters. The van der Waals surface area contributed by atoms with E-state index in [1.54, 1.807) is 7.05 Å². The maximum Gasteiger partial charge on any atom is 0.339 e. The van der Waals surface area contributed by atoms with E-state index >= 15 is 0 Å². The Morgan fingerprint density at radius 1 is 1.12 bits per heavy atom. The van der Waals surface area contributed by atoms with E-state index in [1.165, 1.54) is 0 Å². The van der Waals surface area contributed by atoms with Crippen LogP contribution in [0.2, 0.25) is 0 Å². The zero-order valence-corrected chi connectivity index (χ0v) is 9.48. The van der Waals surface area contributed by atoms with E-state index < -0.39 is 32.4 Å². The average Bonchev–Trinajstić information content (AvgIpc) is 2.00. The van der Waals surface area contributed by atoms with Gasteiger partial charge in [-0.05, 0) is 7.05 Å². The first-order valence-electron chi connectivity index (χ1n) is 4.02. The highest BCUT2D eigenvalue weighted by molar-refractivity contribution is 7.51. The van der Waals surface area contributed by atoms with Crippen LogP contribution >= 0.6 is 7.60 Å². The fourth-order valence-corrected chi connectivity index (χ4v) is 0.863. The maximum absolute atomic E-state index is 10.1. The lowest BCUT2D eigenvalue weighted by atomic mass is 10.7. The lowest BCUT2D eigenvalue weighted by Gasteiger charge is -2.02. The molecule has 16 heavy (non-hydrogen) atoms. The first-order valence-corrected chi connectivity index (χ1v) is 5.82. The van der Waals surface area contributed by atoms with Crippen LogP contribution in [0.5, 0.6) is 0 Å². The van der Waals surface area contributed by atoms with Gasteiger partial charge in [0.15, 0.2) is 0 Å². The molecule has 10 heteroatoms. The molecule has 0 bridgehead atoms. The van der Waals surface area contributed by atoms with Crippen molar-refractivity contribution in [2.45, 2.75) is 0 Å². The quantitative estimate of drug-likeness (QED) is 0.299. The van der Waals surface area contributed by atoms with Gasteiger partial charge in [-0.15, -0.1) is 0 Å². The Morgan fingerprint density at radius 2 is 1.56 bits per heavy atom. The SMILES string of the molecule is CNCC(=O)O.O=C(O)CNCP(=O)(O)O. The summed E-state index contributed by atoms with van der Waals surface area (Å²) in [6, 6.07) is 0. The number of carbonyl (C=O) groups is 2. The molecule has 0 aliphatic rings. The second kappa shape index (κ2) is 9.25. The monoisotopic (exact) mass is 258 g/mol. The molecule has 0 aromatic heterocycles. The van der Waals surface area contributed by atoms with E-state index in [4.69, 9.17) is 20.0 Å². The molecule has 6 N–H and O–H groups in total. The molecular weight excluding hydrogens is 243 g/mol. The summed E-state index contributed by atoms with van der Waals surface area (Å²) >= 11 is 0. The smallest absolute Gasteiger partial charge is 0.339 e. The molecule has 0 aromatic carbocycles. The van der Waals surface area contributed by atoms with Crippen LogP contribution in [0.25, 0.3) is 0 Å². The van der Waals surface area contributed by atoms with E-state index in [-0.39, 0.29) is 6.54 Å². The third-order valence-electron chi connectivity index (χ3n) is 0.922. The van der Waals surface area contributed by atoms with Crippen molar-refractivity contribution in [1.82, 2.24) is 10.6 Å². The Labute approximate surface area is 91.6 Å². The summed E-state index contributed by atoms with van der Waals surface area (Å²) in [6.45, 7) is -0.398. The Kier molecular flexibility index (Phi) is 10.1. The van der Waals surface area contributed by atoms with E-state index in [0.717, 1.165) is 0 Å². The summed E-state index contributed by atoms with van der Waals surface area (Å²) in [7, 11) is -2.50. The lowest BCUT2D eigenvalue weighted by molar-refractivity contribution is -0.136. The van der Waals surface area contributed by atoms with Gasteiger partial charge in [-0.25, -0.2) is 0 Å². The molecule has 0 radical (unpaired) electrons. The van der Waals surface area contributed by atoms with Gasteiger partial charge in [-0.1, -0.05) is 0 Å². The third-order valence-corrected chi connectivity index (χ3v) is 1.56. The molecule has 0 saturated heterocycles. The molecule has 0 aliphatic heterocycles. The number of aliphatic carboxylic acids is 2. The number of carboxylic acids is 2. The van der Waals surface area contributed by atoms with Gasteiger partial charge in [-0.3, -0.25) is 19.5 Å². The van der Waals surface area contributed by atoms with Crippen molar-refractivity contribution in [3.05, 3.63) is 0 Å². The minimum atomic E-state index is -4.10. The predicted molar refractivity (Wildman–Crippen MR) is 54.1 cm³/mol. The minimum absolute atomic E-state index is 0.0417. The molecule has 0 saturated carbocycles. The van der Waals surface area contributed by atoms with Crippen molar-refractivity contribution < 1.29 is 34.2 Å². The first kappa shape index (κ1) is 17.4. The van der Waals surface area contributed by atoms with Crippen LogP contribution in [-0.4, -0.2) is 58.4 Å². The predicted octanol–water partition coefficient (Wildman–Crippen LogP) is -1.91. The van der Waals surface area contributed by atoms with Crippen LogP contribution in [0.15, 0.2) is 0 Å². The van der Waals surface area contributed by atoms with Crippen LogP contribution in [0.4, 0.5) is 0 Å². The summed E-state index contributed by atoms with van der Waals surface area (Å²) in [5.74, 6) is -1.97. The fourth-order valence-electron chi connectivity index (χ4n) is 0.460. The van der Waals surface area contributed by atoms with Crippen molar-refractivity contribution in [2.75, 3.05) is 26.4 Å². The topological polar surface area (TPSA) is 156 Å². The maximum atomic E-state index is 10.1. The molecule has 0 aliphatic carbocycles. The number of nitrogens with one attached hydrogen (secondary N) is 2. The largest absolute Gasteiger partial charge is 0.480 e. The number of hydrogen-bond donors (Lipinski definition) is 6. The fraction of sp³-hybridized carbons (Fsp3) is 0.667. The highest BCUT2D eigenvalue weighted by atomic mass is 31.2. The third kappa shape index (κ3) is 23.1. The summed E-state index contributed by atoms with van der Waals surface area (Å²) in [6.07, 6.45) is -0.598. The van der Waals surface area contributed by atoms with E-state index in [9.17, 15) is 14.2 Å². The molecule has 0 amide bonds. The van der Waals surface area contributed by atoms with Gasteiger partial charge < -0.3 is 25.3 Å². The number of carboxylic acid groups (broad SMARTS) is 2. The van der Waals surface area contributed by atoms with Crippen molar-refractivity contribution in [2.24, 2.45) is 0 Å². The standard InChI is InChI=1S/C3H8NO5P.C3H7NO2/c5-3(6)1-4-2-10(7,8)9;1-4-2-3(5)6/h4H,1-2H2,(H,5,6)(H2,7,8,9);4H,2H2,1H3,(H,5,6). The van der Waals surface area contributed by atoms with Crippen molar-refractivity contribution >= 4 is 19.5 Å². The highest BCUT2D eigenvalue weighted by Crippen LogP contribution is 2.31. The van der Waals surface area contributed by atoms with Gasteiger partial charge in [0.25, 0.3) is 0 Å². The van der Waals surface area contributed by atoms with Gasteiger partial charge in [0.2, 0.25) is 0 Å². The highest BCUT2D eigenvalue weighted by Gasteiger charge is 2.11. The van der Waals surface area contributed by atoms with Gasteiger partial charge in [0.1, 0.15) is 0 Å². The molecule has 9 nitrogen and oxygen atoms in total. The van der Waals surface area contributed by atoms with Crippen molar-refractivity contribution in [1.29, 1.82) is 0 Å². The summed E-state index contributed by atoms with van der Waals surface area (Å²) < 4.78 is 10.1. The van der Waals surface area contributed by atoms with Crippen LogP contribution in [0.3, 0.4) is 0 Å². The molecule has 0 rings (SSSR count). The number of rotatable bonds is 6. The zero-order valence-electron chi connectivity index (χ0n) is 8.58. The molecule has 96 valence electrons. The second-order valence-corrected chi connectivity index (χ2v) is 4.21. The first-order chi connectivity index (χ1) is 7.19. The van der Waals surface area contributed by atoms with Gasteiger partial charge in [0.05, 0.1) is 19.4 Å². The van der Waals surface area contributed by atoms with Crippen molar-refractivity contribution in [3.8, 4) is 0 Å². The molecule has 0 unspecified atom stereocenters. The lowest BCUT2D eigenvalue weighted by Crippen LogP contribution is -2.23. The Hall–Kier alpha value is -0.990. The number of likely N-dealkylation sites (N-methyl/N-ethyl adjacent to an activating group) is 1. The van der Waals surface area contributed by atoms with Crippen LogP contribution in [0.1, 0.15) is 0 Å². The summed E-state index contributed by atoms with van der Waals surface area (Å²) in [5.41, 5.74) is 0. The molecular formula is C6H15N2O7P. The Bertz CT molecular complexity index is 264. The van der Waals surface area contributed by atoms with Gasteiger partial charge in [-0.2, -0.15) is 0 Å². The Morgan fingerprint density at radius 3 is 1.75 bits per heavy atom. The molecule has 0 aromatic rings. The Balaban J connectivity index is 0. The van der Waals surface area contributed by atoms with Crippen molar-refractivity contribution in [3.63, 3.8) is 0 Å². The minimum Gasteiger partial charge on any atom is -0.480 e. The van der Waals surface area contributed by atoms with E-state index in [0.29, 0.717) is 0 Å². The van der Waals surface area contributed by atoms with Crippen LogP contribution in [-0.2, 0) is 14.2 Å². The zero-order chi connectivity index (χ0) is 13.2. The molecule has 0 spiro atoms.